The van der Waals surface area contributed by atoms with Crippen LogP contribution in [-0.2, 0) is 23.6 Å². The van der Waals surface area contributed by atoms with E-state index in [4.69, 9.17) is 23.6 Å². The van der Waals surface area contributed by atoms with Crippen LogP contribution < -0.4 is 0 Å². The van der Waals surface area contributed by atoms with Gasteiger partial charge in [0.25, 0.3) is 0 Å². The Labute approximate surface area is 170 Å². The second-order valence-corrected chi connectivity index (χ2v) is 19.3. The molecule has 0 aromatic carbocycles. The van der Waals surface area contributed by atoms with Crippen molar-refractivity contribution < 1.29 is 0 Å². The van der Waals surface area contributed by atoms with Crippen molar-refractivity contribution in [2.24, 2.45) is 10.8 Å². The largest absolute Gasteiger partial charge is 0.0876 e. The number of hydrogen-bond donors (Lipinski definition) is 0. The van der Waals surface area contributed by atoms with Gasteiger partial charge in [0.2, 0.25) is 0 Å². The van der Waals surface area contributed by atoms with Gasteiger partial charge in [-0.05, 0) is 62.8 Å². The van der Waals surface area contributed by atoms with E-state index in [2.05, 4.69) is 69.2 Å². The van der Waals surface area contributed by atoms with Crippen LogP contribution in [0.25, 0.3) is 0 Å². The Kier molecular flexibility index (Phi) is 3.80. The van der Waals surface area contributed by atoms with Gasteiger partial charge in [-0.3, -0.25) is 0 Å². The number of fused-ring (bicyclic) bond motifs is 4. The minimum atomic E-state index is -1.74. The van der Waals surface area contributed by atoms with Crippen LogP contribution in [0.5, 0.6) is 0 Å². The Morgan fingerprint density at radius 2 is 0.885 bits per heavy atom. The zero-order valence-electron chi connectivity index (χ0n) is 17.9. The zero-order valence-corrected chi connectivity index (χ0v) is 21.3. The molecular weight excluding hydrogens is 390 g/mol. The molecule has 4 heteroatoms. The van der Waals surface area contributed by atoms with Crippen molar-refractivity contribution in [3.05, 3.63) is 43.5 Å². The van der Waals surface area contributed by atoms with E-state index in [1.807, 2.05) is 0 Å². The van der Waals surface area contributed by atoms with Crippen LogP contribution in [0.2, 0.25) is 0 Å². The third-order valence-electron chi connectivity index (χ3n) is 9.56. The van der Waals surface area contributed by atoms with Gasteiger partial charge in [-0.1, -0.05) is 73.6 Å². The standard InChI is InChI=1S/C22H32P2S2/c1-11-15(5)23(25)17(7)21(11,9)13(3)19(23)20-14(4)22(10)12(2)16(6)24(20,26)18(22)8/h17-18H,1-10H3/t17?,18?,21-,22-,23?,24?/m1/s1. The average molecular weight is 423 g/mol. The van der Waals surface area contributed by atoms with E-state index >= 15 is 0 Å². The highest BCUT2D eigenvalue weighted by molar-refractivity contribution is 8.22. The van der Waals surface area contributed by atoms with Gasteiger partial charge >= 0.3 is 0 Å². The Hall–Kier alpha value is 0.260. The lowest BCUT2D eigenvalue weighted by Crippen LogP contribution is -2.24. The quantitative estimate of drug-likeness (QED) is 0.394. The molecule has 4 aliphatic heterocycles. The van der Waals surface area contributed by atoms with Gasteiger partial charge in [0.05, 0.1) is 0 Å². The predicted octanol–water partition coefficient (Wildman–Crippen LogP) is 7.93. The van der Waals surface area contributed by atoms with Crippen LogP contribution >= 0.6 is 12.1 Å². The third-order valence-corrected chi connectivity index (χ3v) is 22.7. The zero-order chi connectivity index (χ0) is 19.8. The lowest BCUT2D eigenvalue weighted by Gasteiger charge is -2.34. The second-order valence-electron chi connectivity index (χ2n) is 9.44. The molecule has 0 saturated heterocycles. The summed E-state index contributed by atoms with van der Waals surface area (Å²) in [6, 6.07) is -3.47. The molecule has 0 aliphatic carbocycles. The maximum atomic E-state index is 6.62. The van der Waals surface area contributed by atoms with Gasteiger partial charge in [0.1, 0.15) is 0 Å². The first-order valence-electron chi connectivity index (χ1n) is 9.76. The Balaban J connectivity index is 2.09. The Morgan fingerprint density at radius 1 is 0.615 bits per heavy atom. The first-order chi connectivity index (χ1) is 11.7. The molecule has 0 spiro atoms. The summed E-state index contributed by atoms with van der Waals surface area (Å²) in [6.07, 6.45) is 0. The van der Waals surface area contributed by atoms with Gasteiger partial charge in [-0.15, -0.1) is 0 Å². The van der Waals surface area contributed by atoms with Crippen molar-refractivity contribution in [1.82, 2.24) is 0 Å². The van der Waals surface area contributed by atoms with Crippen molar-refractivity contribution in [3.8, 4) is 0 Å². The highest BCUT2D eigenvalue weighted by Crippen LogP contribution is 2.92. The van der Waals surface area contributed by atoms with Crippen molar-refractivity contribution in [3.63, 3.8) is 0 Å². The molecule has 0 saturated carbocycles. The average Bonchev–Trinajstić information content (AvgIpc) is 2.97. The molecule has 26 heavy (non-hydrogen) atoms. The fraction of sp³-hybridized carbons (Fsp3) is 0.636. The van der Waals surface area contributed by atoms with Crippen LogP contribution in [0, 0.1) is 10.8 Å². The predicted molar refractivity (Wildman–Crippen MR) is 126 cm³/mol. The summed E-state index contributed by atoms with van der Waals surface area (Å²) in [7, 11) is 0. The van der Waals surface area contributed by atoms with Gasteiger partial charge in [0.15, 0.2) is 0 Å². The fourth-order valence-electron chi connectivity index (χ4n) is 6.76. The maximum absolute atomic E-state index is 6.62. The molecule has 0 nitrogen and oxygen atoms in total. The minimum Gasteiger partial charge on any atom is -0.0876 e. The van der Waals surface area contributed by atoms with E-state index in [1.54, 1.807) is 32.9 Å². The van der Waals surface area contributed by atoms with Crippen LogP contribution in [0.4, 0.5) is 0 Å². The topological polar surface area (TPSA) is 0 Å². The van der Waals surface area contributed by atoms with Gasteiger partial charge in [-0.25, -0.2) is 0 Å². The molecule has 4 bridgehead atoms. The molecule has 4 aliphatic rings. The molecular formula is C22H32P2S2. The number of hydrogen-bond acceptors (Lipinski definition) is 2. The molecule has 0 radical (unpaired) electrons. The Morgan fingerprint density at radius 3 is 1.12 bits per heavy atom. The van der Waals surface area contributed by atoms with Gasteiger partial charge in [0, 0.05) is 34.2 Å². The lowest BCUT2D eigenvalue weighted by atomic mass is 9.72. The molecule has 0 aromatic heterocycles. The molecule has 0 amide bonds. The van der Waals surface area contributed by atoms with Crippen molar-refractivity contribution in [2.75, 3.05) is 0 Å². The highest BCUT2D eigenvalue weighted by Gasteiger charge is 2.65. The number of rotatable bonds is 1. The smallest absolute Gasteiger partial charge is 0.0181 e. The molecule has 4 heterocycles. The number of allylic oxidation sites excluding steroid dienone is 8. The first kappa shape index (κ1) is 19.6. The first-order valence-corrected chi connectivity index (χ1v) is 15.5. The van der Waals surface area contributed by atoms with Crippen LogP contribution in [-0.4, -0.2) is 11.3 Å². The summed E-state index contributed by atoms with van der Waals surface area (Å²) >= 11 is 13.2. The molecule has 6 atom stereocenters. The lowest BCUT2D eigenvalue weighted by molar-refractivity contribution is 0.485. The maximum Gasteiger partial charge on any atom is 0.0181 e. The van der Waals surface area contributed by atoms with Crippen molar-refractivity contribution in [1.29, 1.82) is 0 Å². The molecule has 4 unspecified atom stereocenters. The summed E-state index contributed by atoms with van der Waals surface area (Å²) in [4.78, 5) is 0. The van der Waals surface area contributed by atoms with Crippen LogP contribution in [0.15, 0.2) is 43.5 Å². The normalized spacial score (nSPS) is 50.2. The van der Waals surface area contributed by atoms with E-state index in [-0.39, 0.29) is 10.8 Å². The van der Waals surface area contributed by atoms with E-state index in [1.165, 1.54) is 10.6 Å². The molecule has 0 aromatic rings. The van der Waals surface area contributed by atoms with Crippen molar-refractivity contribution in [2.45, 2.75) is 80.6 Å². The summed E-state index contributed by atoms with van der Waals surface area (Å²) in [5.74, 6) is 0. The SMILES string of the molecule is CC1=C(C)P2(=S)C(C3=C(C)[C@@]4(C)C(C)=C(C)P3(=S)C4C)=C(C)[C@]1(C)C2C. The van der Waals surface area contributed by atoms with E-state index in [9.17, 15) is 0 Å². The minimum absolute atomic E-state index is 0.149. The van der Waals surface area contributed by atoms with Gasteiger partial charge in [-0.2, -0.15) is 0 Å². The van der Waals surface area contributed by atoms with E-state index in [0.717, 1.165) is 0 Å². The summed E-state index contributed by atoms with van der Waals surface area (Å²) in [5.41, 5.74) is 7.62. The van der Waals surface area contributed by atoms with Gasteiger partial charge < -0.3 is 0 Å². The van der Waals surface area contributed by atoms with E-state index in [0.29, 0.717) is 11.3 Å². The van der Waals surface area contributed by atoms with Crippen LogP contribution in [0.1, 0.15) is 69.2 Å². The molecule has 4 rings (SSSR count). The Bertz CT molecular complexity index is 937. The third kappa shape index (κ3) is 1.54. The summed E-state index contributed by atoms with van der Waals surface area (Å²) in [6.45, 7) is 23.8. The fourth-order valence-corrected chi connectivity index (χ4v) is 20.3. The monoisotopic (exact) mass is 422 g/mol. The molecule has 0 fully saturated rings. The summed E-state index contributed by atoms with van der Waals surface area (Å²) in [5, 5.41) is 6.22. The molecule has 0 N–H and O–H groups in total. The van der Waals surface area contributed by atoms with Crippen molar-refractivity contribution >= 4 is 35.7 Å². The van der Waals surface area contributed by atoms with E-state index < -0.39 is 12.1 Å². The van der Waals surface area contributed by atoms with Crippen LogP contribution in [0.3, 0.4) is 0 Å². The second kappa shape index (κ2) is 5.05. The molecule has 142 valence electrons. The highest BCUT2D eigenvalue weighted by atomic mass is 32.4. The summed E-state index contributed by atoms with van der Waals surface area (Å²) < 4.78 is 0.